The summed E-state index contributed by atoms with van der Waals surface area (Å²) in [7, 11) is -0.228. The van der Waals surface area contributed by atoms with E-state index < -0.39 is 10.0 Å². The summed E-state index contributed by atoms with van der Waals surface area (Å²) < 4.78 is 25.9. The third-order valence-corrected chi connectivity index (χ3v) is 6.21. The van der Waals surface area contributed by atoms with Gasteiger partial charge < -0.3 is 5.32 Å². The maximum Gasteiger partial charge on any atom is 0.242 e. The van der Waals surface area contributed by atoms with Crippen molar-refractivity contribution in [1.29, 1.82) is 0 Å². The van der Waals surface area contributed by atoms with Crippen molar-refractivity contribution in [3.8, 4) is 0 Å². The highest BCUT2D eigenvalue weighted by Gasteiger charge is 2.22. The second-order valence-electron chi connectivity index (χ2n) is 6.39. The summed E-state index contributed by atoms with van der Waals surface area (Å²) in [5.74, 6) is 0. The maximum atomic E-state index is 12.3. The van der Waals surface area contributed by atoms with Gasteiger partial charge in [-0.15, -0.1) is 12.4 Å². The molecule has 1 aliphatic rings. The molecule has 0 unspecified atom stereocenters. The second kappa shape index (κ2) is 9.73. The molecule has 0 saturated carbocycles. The molecule has 1 fully saturated rings. The first-order valence-corrected chi connectivity index (χ1v) is 9.85. The molecule has 138 valence electrons. The van der Waals surface area contributed by atoms with Gasteiger partial charge in [-0.1, -0.05) is 19.1 Å². The predicted octanol–water partition coefficient (Wildman–Crippen LogP) is 2.32. The molecule has 1 aromatic carbocycles. The predicted molar refractivity (Wildman–Crippen MR) is 101 cm³/mol. The van der Waals surface area contributed by atoms with Crippen molar-refractivity contribution in [3.05, 3.63) is 29.8 Å². The van der Waals surface area contributed by atoms with Crippen molar-refractivity contribution in [2.45, 2.75) is 43.7 Å². The van der Waals surface area contributed by atoms with Crippen LogP contribution in [0.5, 0.6) is 0 Å². The van der Waals surface area contributed by atoms with Gasteiger partial charge in [0.2, 0.25) is 10.0 Å². The van der Waals surface area contributed by atoms with Crippen LogP contribution in [0.4, 0.5) is 0 Å². The van der Waals surface area contributed by atoms with E-state index >= 15 is 0 Å². The van der Waals surface area contributed by atoms with Crippen molar-refractivity contribution in [1.82, 2.24) is 14.5 Å². The molecule has 0 bridgehead atoms. The molecule has 0 aromatic heterocycles. The molecule has 0 radical (unpaired) electrons. The SMILES string of the molecule is CCCN(Cc1cccc(S(=O)(=O)N(C)C)c1)C1CCNCC1.Cl. The Morgan fingerprint density at radius 1 is 1.21 bits per heavy atom. The van der Waals surface area contributed by atoms with Crippen LogP contribution in [-0.2, 0) is 16.6 Å². The van der Waals surface area contributed by atoms with E-state index in [1.54, 1.807) is 20.2 Å². The maximum absolute atomic E-state index is 12.3. The lowest BCUT2D eigenvalue weighted by molar-refractivity contribution is 0.154. The van der Waals surface area contributed by atoms with E-state index in [9.17, 15) is 8.42 Å². The number of sulfonamides is 1. The van der Waals surface area contributed by atoms with Crippen LogP contribution in [0.25, 0.3) is 0 Å². The Kier molecular flexibility index (Phi) is 8.67. The minimum atomic E-state index is -3.37. The van der Waals surface area contributed by atoms with E-state index in [0.717, 1.165) is 51.0 Å². The van der Waals surface area contributed by atoms with Gasteiger partial charge in [-0.3, -0.25) is 4.90 Å². The van der Waals surface area contributed by atoms with Gasteiger partial charge in [0.1, 0.15) is 0 Å². The molecule has 0 aliphatic carbocycles. The summed E-state index contributed by atoms with van der Waals surface area (Å²) in [6.07, 6.45) is 3.44. The van der Waals surface area contributed by atoms with Gasteiger partial charge in [-0.05, 0) is 56.6 Å². The molecule has 2 rings (SSSR count). The molecular weight excluding hydrogens is 346 g/mol. The number of nitrogens with one attached hydrogen (secondary N) is 1. The minimum absolute atomic E-state index is 0. The molecule has 1 N–H and O–H groups in total. The van der Waals surface area contributed by atoms with Crippen LogP contribution in [0.15, 0.2) is 29.2 Å². The Morgan fingerprint density at radius 2 is 1.88 bits per heavy atom. The Bertz CT molecular complexity index is 602. The van der Waals surface area contributed by atoms with Crippen molar-refractivity contribution < 1.29 is 8.42 Å². The summed E-state index contributed by atoms with van der Waals surface area (Å²) in [6, 6.07) is 7.95. The van der Waals surface area contributed by atoms with Gasteiger partial charge in [-0.25, -0.2) is 12.7 Å². The molecular formula is C17H30ClN3O2S. The molecule has 0 atom stereocenters. The number of hydrogen-bond acceptors (Lipinski definition) is 4. The fraction of sp³-hybridized carbons (Fsp3) is 0.647. The van der Waals surface area contributed by atoms with E-state index in [1.807, 2.05) is 18.2 Å². The Hall–Kier alpha value is -0.660. The van der Waals surface area contributed by atoms with Crippen LogP contribution in [0.1, 0.15) is 31.7 Å². The summed E-state index contributed by atoms with van der Waals surface area (Å²) >= 11 is 0. The number of benzene rings is 1. The molecule has 0 amide bonds. The average molecular weight is 376 g/mol. The van der Waals surface area contributed by atoms with Crippen LogP contribution in [0, 0.1) is 0 Å². The highest BCUT2D eigenvalue weighted by atomic mass is 35.5. The van der Waals surface area contributed by atoms with Crippen LogP contribution in [0.3, 0.4) is 0 Å². The van der Waals surface area contributed by atoms with Gasteiger partial charge >= 0.3 is 0 Å². The first-order valence-electron chi connectivity index (χ1n) is 8.41. The summed E-state index contributed by atoms with van der Waals surface area (Å²) in [5.41, 5.74) is 1.07. The third-order valence-electron chi connectivity index (χ3n) is 4.40. The quantitative estimate of drug-likeness (QED) is 0.794. The van der Waals surface area contributed by atoms with Gasteiger partial charge in [0, 0.05) is 26.7 Å². The van der Waals surface area contributed by atoms with Gasteiger partial charge in [0.15, 0.2) is 0 Å². The Labute approximate surface area is 152 Å². The molecule has 5 nitrogen and oxygen atoms in total. The summed E-state index contributed by atoms with van der Waals surface area (Å²) in [6.45, 7) is 6.20. The van der Waals surface area contributed by atoms with E-state index in [1.165, 1.54) is 4.31 Å². The van der Waals surface area contributed by atoms with Gasteiger partial charge in [0.05, 0.1) is 4.90 Å². The van der Waals surface area contributed by atoms with Crippen LogP contribution < -0.4 is 5.32 Å². The van der Waals surface area contributed by atoms with E-state index in [4.69, 9.17) is 0 Å². The van der Waals surface area contributed by atoms with Crippen molar-refractivity contribution in [2.75, 3.05) is 33.7 Å². The summed E-state index contributed by atoms with van der Waals surface area (Å²) in [4.78, 5) is 2.88. The van der Waals surface area contributed by atoms with E-state index in [2.05, 4.69) is 17.1 Å². The van der Waals surface area contributed by atoms with Gasteiger partial charge in [-0.2, -0.15) is 0 Å². The third kappa shape index (κ3) is 5.43. The Balaban J connectivity index is 0.00000288. The van der Waals surface area contributed by atoms with Crippen LogP contribution >= 0.6 is 12.4 Å². The van der Waals surface area contributed by atoms with Crippen molar-refractivity contribution in [2.24, 2.45) is 0 Å². The number of rotatable bonds is 7. The molecule has 1 saturated heterocycles. The fourth-order valence-electron chi connectivity index (χ4n) is 3.10. The highest BCUT2D eigenvalue weighted by molar-refractivity contribution is 7.89. The number of piperidine rings is 1. The number of nitrogens with zero attached hydrogens (tertiary/aromatic N) is 2. The minimum Gasteiger partial charge on any atom is -0.317 e. The normalized spacial score (nSPS) is 16.4. The van der Waals surface area contributed by atoms with Gasteiger partial charge in [0.25, 0.3) is 0 Å². The zero-order chi connectivity index (χ0) is 16.9. The monoisotopic (exact) mass is 375 g/mol. The van der Waals surface area contributed by atoms with Crippen LogP contribution in [-0.4, -0.2) is 57.4 Å². The highest BCUT2D eigenvalue weighted by Crippen LogP contribution is 2.19. The molecule has 24 heavy (non-hydrogen) atoms. The second-order valence-corrected chi connectivity index (χ2v) is 8.54. The molecule has 1 aliphatic heterocycles. The first kappa shape index (κ1) is 21.4. The first-order chi connectivity index (χ1) is 10.9. The average Bonchev–Trinajstić information content (AvgIpc) is 2.55. The van der Waals surface area contributed by atoms with Crippen molar-refractivity contribution in [3.63, 3.8) is 0 Å². The molecule has 7 heteroatoms. The number of hydrogen-bond donors (Lipinski definition) is 1. The lowest BCUT2D eigenvalue weighted by atomic mass is 10.0. The lowest BCUT2D eigenvalue weighted by Gasteiger charge is -2.34. The van der Waals surface area contributed by atoms with E-state index in [-0.39, 0.29) is 12.4 Å². The van der Waals surface area contributed by atoms with E-state index in [0.29, 0.717) is 10.9 Å². The zero-order valence-electron chi connectivity index (χ0n) is 14.9. The summed E-state index contributed by atoms with van der Waals surface area (Å²) in [5, 5.41) is 3.41. The largest absolute Gasteiger partial charge is 0.317 e. The Morgan fingerprint density at radius 3 is 2.46 bits per heavy atom. The molecule has 1 aromatic rings. The molecule has 1 heterocycles. The standard InChI is InChI=1S/C17H29N3O2S.ClH/c1-4-12-20(16-8-10-18-11-9-16)14-15-6-5-7-17(13-15)23(21,22)19(2)3;/h5-7,13,16,18H,4,8-12,14H2,1-3H3;1H. The fourth-order valence-corrected chi connectivity index (χ4v) is 4.07. The van der Waals surface area contributed by atoms with Crippen molar-refractivity contribution >= 4 is 22.4 Å². The smallest absolute Gasteiger partial charge is 0.242 e. The topological polar surface area (TPSA) is 52.7 Å². The molecule has 0 spiro atoms. The lowest BCUT2D eigenvalue weighted by Crippen LogP contribution is -2.43. The number of halogens is 1. The zero-order valence-corrected chi connectivity index (χ0v) is 16.5. The van der Waals surface area contributed by atoms with Crippen LogP contribution in [0.2, 0.25) is 0 Å².